The lowest BCUT2D eigenvalue weighted by Crippen LogP contribution is -2.02. The molecule has 4 rings (SSSR count). The molecule has 0 spiro atoms. The Morgan fingerprint density at radius 2 is 2.12 bits per heavy atom. The molecule has 24 heavy (non-hydrogen) atoms. The molecule has 0 aliphatic heterocycles. The first-order chi connectivity index (χ1) is 11.8. The van der Waals surface area contributed by atoms with E-state index in [0.717, 1.165) is 16.6 Å². The third-order valence-corrected chi connectivity index (χ3v) is 3.75. The first-order valence-electron chi connectivity index (χ1n) is 7.28. The summed E-state index contributed by atoms with van der Waals surface area (Å²) in [5.74, 6) is 0.711. The average molecular weight is 323 g/mol. The van der Waals surface area contributed by atoms with Crippen molar-refractivity contribution in [3.05, 3.63) is 60.4 Å². The average Bonchev–Trinajstić information content (AvgIpc) is 3.34. The van der Waals surface area contributed by atoms with Crippen LogP contribution in [0.2, 0.25) is 0 Å². The Morgan fingerprint density at radius 1 is 1.25 bits per heavy atom. The number of methoxy groups -OCH3 is 1. The van der Waals surface area contributed by atoms with E-state index in [9.17, 15) is 4.79 Å². The zero-order valence-electron chi connectivity index (χ0n) is 12.8. The lowest BCUT2D eigenvalue weighted by molar-refractivity contribution is 0.0563. The minimum absolute atomic E-state index is 0.170. The fourth-order valence-electron chi connectivity index (χ4n) is 2.67. The van der Waals surface area contributed by atoms with Gasteiger partial charge in [0.15, 0.2) is 0 Å². The van der Waals surface area contributed by atoms with E-state index in [2.05, 4.69) is 14.9 Å². The molecule has 7 nitrogen and oxygen atoms in total. The molecule has 0 atom stereocenters. The number of hydrogen-bond acceptors (Lipinski definition) is 6. The second-order valence-electron chi connectivity index (χ2n) is 5.18. The van der Waals surface area contributed by atoms with Crippen LogP contribution < -0.4 is 0 Å². The number of esters is 1. The van der Waals surface area contributed by atoms with Crippen LogP contribution in [0.3, 0.4) is 0 Å². The third-order valence-electron chi connectivity index (χ3n) is 3.75. The van der Waals surface area contributed by atoms with E-state index < -0.39 is 5.97 Å². The molecule has 0 saturated carbocycles. The second kappa shape index (κ2) is 5.69. The molecular formula is C17H13N3O4. The SMILES string of the molecule is COC(=O)c1ccc(Cn2c(-c3nnco3)cc3ccccc32)o1. The molecule has 3 aromatic heterocycles. The van der Waals surface area contributed by atoms with Gasteiger partial charge in [-0.05, 0) is 24.3 Å². The third kappa shape index (κ3) is 2.36. The number of aromatic nitrogens is 3. The van der Waals surface area contributed by atoms with Gasteiger partial charge in [-0.3, -0.25) is 0 Å². The predicted octanol–water partition coefficient (Wildman–Crippen LogP) is 3.12. The highest BCUT2D eigenvalue weighted by molar-refractivity contribution is 5.86. The van der Waals surface area contributed by atoms with E-state index in [-0.39, 0.29) is 5.76 Å². The highest BCUT2D eigenvalue weighted by atomic mass is 16.5. The van der Waals surface area contributed by atoms with Gasteiger partial charge in [-0.1, -0.05) is 18.2 Å². The van der Waals surface area contributed by atoms with Crippen LogP contribution in [0.25, 0.3) is 22.5 Å². The molecule has 0 radical (unpaired) electrons. The highest BCUT2D eigenvalue weighted by Gasteiger charge is 2.17. The maximum absolute atomic E-state index is 11.5. The summed E-state index contributed by atoms with van der Waals surface area (Å²) in [4.78, 5) is 11.5. The Hall–Kier alpha value is -3.35. The van der Waals surface area contributed by atoms with Crippen LogP contribution in [0.5, 0.6) is 0 Å². The minimum Gasteiger partial charge on any atom is -0.463 e. The molecule has 4 aromatic rings. The van der Waals surface area contributed by atoms with Gasteiger partial charge >= 0.3 is 5.97 Å². The minimum atomic E-state index is -0.504. The normalized spacial score (nSPS) is 11.0. The van der Waals surface area contributed by atoms with Crippen molar-refractivity contribution in [1.82, 2.24) is 14.8 Å². The van der Waals surface area contributed by atoms with Gasteiger partial charge in [-0.15, -0.1) is 10.2 Å². The number of hydrogen-bond donors (Lipinski definition) is 0. The van der Waals surface area contributed by atoms with E-state index in [1.807, 2.05) is 34.9 Å². The Bertz CT molecular complexity index is 998. The molecule has 0 aliphatic rings. The van der Waals surface area contributed by atoms with Crippen molar-refractivity contribution in [2.24, 2.45) is 0 Å². The topological polar surface area (TPSA) is 83.3 Å². The van der Waals surface area contributed by atoms with Crippen molar-refractivity contribution >= 4 is 16.9 Å². The maximum Gasteiger partial charge on any atom is 0.373 e. The van der Waals surface area contributed by atoms with Crippen LogP contribution in [-0.2, 0) is 11.3 Å². The summed E-state index contributed by atoms with van der Waals surface area (Å²) in [7, 11) is 1.32. The fraction of sp³-hybridized carbons (Fsp3) is 0.118. The molecule has 120 valence electrons. The van der Waals surface area contributed by atoms with Gasteiger partial charge < -0.3 is 18.1 Å². The van der Waals surface area contributed by atoms with Crippen LogP contribution in [0.4, 0.5) is 0 Å². The van der Waals surface area contributed by atoms with E-state index in [1.165, 1.54) is 13.5 Å². The number of rotatable bonds is 4. The Labute approximate surface area is 136 Å². The molecule has 7 heteroatoms. The van der Waals surface area contributed by atoms with E-state index in [1.54, 1.807) is 12.1 Å². The Kier molecular flexibility index (Phi) is 3.38. The number of para-hydroxylation sites is 1. The van der Waals surface area contributed by atoms with Crippen molar-refractivity contribution in [3.63, 3.8) is 0 Å². The quantitative estimate of drug-likeness (QED) is 0.537. The van der Waals surface area contributed by atoms with Gasteiger partial charge in [0, 0.05) is 10.9 Å². The standard InChI is InChI=1S/C17H13N3O4/c1-22-17(21)15-7-6-12(24-15)9-20-13-5-3-2-4-11(13)8-14(20)16-19-18-10-23-16/h2-8,10H,9H2,1H3. The molecule has 0 amide bonds. The number of ether oxygens (including phenoxy) is 1. The molecule has 0 bridgehead atoms. The van der Waals surface area contributed by atoms with Crippen LogP contribution in [0.1, 0.15) is 16.3 Å². The van der Waals surface area contributed by atoms with Crippen molar-refractivity contribution in [2.75, 3.05) is 7.11 Å². The zero-order valence-corrected chi connectivity index (χ0v) is 12.8. The van der Waals surface area contributed by atoms with Crippen molar-refractivity contribution < 1.29 is 18.4 Å². The first kappa shape index (κ1) is 14.3. The molecule has 0 unspecified atom stereocenters. The zero-order chi connectivity index (χ0) is 16.5. The molecule has 3 heterocycles. The summed E-state index contributed by atoms with van der Waals surface area (Å²) in [5.41, 5.74) is 1.78. The Balaban J connectivity index is 1.79. The van der Waals surface area contributed by atoms with Gasteiger partial charge in [-0.25, -0.2) is 4.79 Å². The van der Waals surface area contributed by atoms with E-state index in [0.29, 0.717) is 18.2 Å². The van der Waals surface area contributed by atoms with Crippen LogP contribution >= 0.6 is 0 Å². The number of benzene rings is 1. The van der Waals surface area contributed by atoms with Crippen LogP contribution in [0.15, 0.2) is 57.7 Å². The van der Waals surface area contributed by atoms with Crippen LogP contribution in [-0.4, -0.2) is 27.8 Å². The smallest absolute Gasteiger partial charge is 0.373 e. The number of carbonyl (C=O) groups excluding carboxylic acids is 1. The highest BCUT2D eigenvalue weighted by Crippen LogP contribution is 2.28. The number of nitrogens with zero attached hydrogens (tertiary/aromatic N) is 3. The molecular weight excluding hydrogens is 310 g/mol. The monoisotopic (exact) mass is 323 g/mol. The summed E-state index contributed by atoms with van der Waals surface area (Å²) >= 11 is 0. The summed E-state index contributed by atoms with van der Waals surface area (Å²) in [6, 6.07) is 13.3. The summed E-state index contributed by atoms with van der Waals surface area (Å²) < 4.78 is 17.6. The number of furan rings is 1. The van der Waals surface area contributed by atoms with E-state index >= 15 is 0 Å². The van der Waals surface area contributed by atoms with Gasteiger partial charge in [0.1, 0.15) is 11.5 Å². The van der Waals surface area contributed by atoms with Gasteiger partial charge in [-0.2, -0.15) is 0 Å². The predicted molar refractivity (Wildman–Crippen MR) is 84.4 cm³/mol. The van der Waals surface area contributed by atoms with Gasteiger partial charge in [0.2, 0.25) is 12.2 Å². The van der Waals surface area contributed by atoms with Crippen molar-refractivity contribution in [2.45, 2.75) is 6.54 Å². The summed E-state index contributed by atoms with van der Waals surface area (Å²) in [6.07, 6.45) is 1.29. The molecule has 0 aliphatic carbocycles. The first-order valence-corrected chi connectivity index (χ1v) is 7.28. The Morgan fingerprint density at radius 3 is 2.92 bits per heavy atom. The summed E-state index contributed by atoms with van der Waals surface area (Å²) in [5, 5.41) is 8.78. The number of carbonyl (C=O) groups is 1. The van der Waals surface area contributed by atoms with E-state index in [4.69, 9.17) is 8.83 Å². The maximum atomic E-state index is 11.5. The fourth-order valence-corrected chi connectivity index (χ4v) is 2.67. The molecule has 0 fully saturated rings. The van der Waals surface area contributed by atoms with Gasteiger partial charge in [0.05, 0.1) is 13.7 Å². The lowest BCUT2D eigenvalue weighted by atomic mass is 10.2. The number of fused-ring (bicyclic) bond motifs is 1. The molecule has 0 saturated heterocycles. The van der Waals surface area contributed by atoms with Gasteiger partial charge in [0.25, 0.3) is 5.89 Å². The lowest BCUT2D eigenvalue weighted by Gasteiger charge is -2.06. The van der Waals surface area contributed by atoms with Crippen molar-refractivity contribution in [3.8, 4) is 11.6 Å². The molecule has 0 N–H and O–H groups in total. The largest absolute Gasteiger partial charge is 0.463 e. The van der Waals surface area contributed by atoms with Crippen molar-refractivity contribution in [1.29, 1.82) is 0 Å². The summed E-state index contributed by atoms with van der Waals surface area (Å²) in [6.45, 7) is 0.419. The second-order valence-corrected chi connectivity index (χ2v) is 5.18. The van der Waals surface area contributed by atoms with Crippen LogP contribution in [0, 0.1) is 0 Å². The molecule has 1 aromatic carbocycles.